The fraction of sp³-hybridized carbons (Fsp3) is 0.375. The van der Waals surface area contributed by atoms with E-state index in [9.17, 15) is 0 Å². The van der Waals surface area contributed by atoms with Gasteiger partial charge in [0.1, 0.15) is 0 Å². The van der Waals surface area contributed by atoms with Crippen LogP contribution in [0.25, 0.3) is 5.57 Å². The molecule has 1 unspecified atom stereocenters. The first-order chi connectivity index (χ1) is 8.20. The number of nitrogens with zero attached hydrogens (tertiary/aromatic N) is 1. The molecule has 1 atom stereocenters. The molecule has 3 heteroatoms. The number of aliphatic imine (C=N–C) groups is 1. The van der Waals surface area contributed by atoms with Crippen LogP contribution in [0.2, 0.25) is 0 Å². The summed E-state index contributed by atoms with van der Waals surface area (Å²) in [6, 6.07) is 8.40. The molecule has 0 aliphatic heterocycles. The Hall–Kier alpha value is 1.51. The summed E-state index contributed by atoms with van der Waals surface area (Å²) in [7, 11) is 0. The molecule has 1 aromatic carbocycles. The van der Waals surface area contributed by atoms with Crippen molar-refractivity contribution in [2.75, 3.05) is 0 Å². The minimum absolute atomic E-state index is 0. The van der Waals surface area contributed by atoms with Crippen molar-refractivity contribution in [3.8, 4) is 0 Å². The zero-order valence-corrected chi connectivity index (χ0v) is 17.2. The monoisotopic (exact) mass is 541 g/mol. The number of hydrogen-bond acceptors (Lipinski definition) is 1. The topological polar surface area (TPSA) is 12.4 Å². The van der Waals surface area contributed by atoms with E-state index in [0.717, 1.165) is 18.5 Å². The van der Waals surface area contributed by atoms with E-state index in [4.69, 9.17) is 4.99 Å². The Bertz CT molecular complexity index is 466. The first-order valence-electron chi connectivity index (χ1n) is 6.32. The molecule has 0 N–H and O–H groups in total. The second-order valence-corrected chi connectivity index (χ2v) is 4.79. The summed E-state index contributed by atoms with van der Waals surface area (Å²) in [4.78, 5) is 4.82. The third-order valence-electron chi connectivity index (χ3n) is 3.35. The third-order valence-corrected chi connectivity index (χ3v) is 3.35. The first-order valence-corrected chi connectivity index (χ1v) is 6.32. The summed E-state index contributed by atoms with van der Waals surface area (Å²) in [5.74, 6) is 0.684. The molecule has 19 heavy (non-hydrogen) atoms. The van der Waals surface area contributed by atoms with E-state index in [1.807, 2.05) is 0 Å². The van der Waals surface area contributed by atoms with E-state index in [-0.39, 0.29) is 88.2 Å². The Labute approximate surface area is 188 Å². The van der Waals surface area contributed by atoms with Gasteiger partial charge in [0.05, 0.1) is 5.69 Å². The van der Waals surface area contributed by atoms with Crippen LogP contribution in [0.3, 0.4) is 0 Å². The molecule has 0 aromatic heterocycles. The third kappa shape index (κ3) is 6.03. The molecule has 0 heterocycles. The van der Waals surface area contributed by atoms with Crippen LogP contribution in [0, 0.1) is 101 Å². The largest absolute Gasteiger partial charge is 0.320 e. The number of hydrogen-bond donors (Lipinski definition) is 0. The average Bonchev–Trinajstić information content (AvgIpc) is 2.74. The predicted molar refractivity (Wildman–Crippen MR) is 75.6 cm³/mol. The molecule has 0 amide bonds. The van der Waals surface area contributed by atoms with E-state index in [2.05, 4.69) is 57.5 Å². The molecule has 2 rings (SSSR count). The van der Waals surface area contributed by atoms with E-state index in [0.29, 0.717) is 5.92 Å². The standard InChI is InChI=1S/C16H20N.Pr.Yb/c1-4-13(3)15-7-5-6-8-16(15)17-14-10-9-12(2)11-14;;/h4-9,12H,10-11H2,1-3H3;;/q-1;;/b13-4-,17-14?;;. The van der Waals surface area contributed by atoms with Crippen LogP contribution >= 0.6 is 0 Å². The van der Waals surface area contributed by atoms with Crippen LogP contribution in [0.1, 0.15) is 39.2 Å². The number of rotatable bonds is 2. The second-order valence-electron chi connectivity index (χ2n) is 4.79. The van der Waals surface area contributed by atoms with Gasteiger partial charge in [0.2, 0.25) is 0 Å². The van der Waals surface area contributed by atoms with Crippen LogP contribution in [0.15, 0.2) is 35.3 Å². The molecule has 107 valence electrons. The minimum Gasteiger partial charge on any atom is -0.320 e. The van der Waals surface area contributed by atoms with Crippen molar-refractivity contribution in [1.29, 1.82) is 0 Å². The molecule has 1 aromatic rings. The van der Waals surface area contributed by atoms with Gasteiger partial charge in [-0.2, -0.15) is 5.92 Å². The van der Waals surface area contributed by atoms with Crippen LogP contribution in [0.5, 0.6) is 0 Å². The molecule has 0 saturated heterocycles. The van der Waals surface area contributed by atoms with E-state index in [1.54, 1.807) is 0 Å². The van der Waals surface area contributed by atoms with Crippen molar-refractivity contribution in [1.82, 2.24) is 0 Å². The van der Waals surface area contributed by atoms with Gasteiger partial charge in [-0.3, -0.25) is 4.99 Å². The van der Waals surface area contributed by atoms with Crippen molar-refractivity contribution in [3.05, 3.63) is 42.3 Å². The Morgan fingerprint density at radius 1 is 1.37 bits per heavy atom. The van der Waals surface area contributed by atoms with Crippen molar-refractivity contribution in [3.63, 3.8) is 0 Å². The van der Waals surface area contributed by atoms with Gasteiger partial charge in [-0.1, -0.05) is 31.2 Å². The zero-order valence-electron chi connectivity index (χ0n) is 11.7. The molecule has 0 spiro atoms. The van der Waals surface area contributed by atoms with Gasteiger partial charge < -0.3 is 6.42 Å². The maximum absolute atomic E-state index is 4.82. The Kier molecular flexibility index (Phi) is 11.1. The quantitative estimate of drug-likeness (QED) is 0.478. The van der Waals surface area contributed by atoms with E-state index >= 15 is 0 Å². The molecule has 1 fully saturated rings. The number of allylic oxidation sites excluding steroid dienone is 2. The molecule has 1 saturated carbocycles. The summed E-state index contributed by atoms with van der Waals surface area (Å²) in [6.07, 6.45) is 6.65. The predicted octanol–water partition coefficient (Wildman–Crippen LogP) is 4.82. The van der Waals surface area contributed by atoms with Crippen molar-refractivity contribution in [2.24, 2.45) is 10.9 Å². The summed E-state index contributed by atoms with van der Waals surface area (Å²) < 4.78 is 0. The molecule has 1 nitrogen and oxygen atoms in total. The van der Waals surface area contributed by atoms with Crippen molar-refractivity contribution in [2.45, 2.75) is 33.6 Å². The molecule has 1 radical (unpaired) electrons. The Morgan fingerprint density at radius 3 is 2.63 bits per heavy atom. The van der Waals surface area contributed by atoms with Gasteiger partial charge in [-0.05, 0) is 37.6 Å². The summed E-state index contributed by atoms with van der Waals surface area (Å²) in [5.41, 5.74) is 4.97. The second kappa shape index (κ2) is 10.3. The molecule has 0 bridgehead atoms. The van der Waals surface area contributed by atoms with Crippen molar-refractivity contribution < 1.29 is 88.2 Å². The van der Waals surface area contributed by atoms with Gasteiger partial charge in [0.15, 0.2) is 0 Å². The van der Waals surface area contributed by atoms with Crippen molar-refractivity contribution >= 4 is 17.0 Å². The fourth-order valence-corrected chi connectivity index (χ4v) is 2.20. The van der Waals surface area contributed by atoms with Crippen LogP contribution in [-0.2, 0) is 0 Å². The molecular weight excluding hydrogens is 520 g/mol. The van der Waals surface area contributed by atoms with Gasteiger partial charge in [0, 0.05) is 93.8 Å². The molecular formula is C16H20NPrYb-. The Morgan fingerprint density at radius 2 is 2.05 bits per heavy atom. The number of benzene rings is 1. The maximum Gasteiger partial charge on any atom is 0.0702 e. The summed E-state index contributed by atoms with van der Waals surface area (Å²) in [5, 5.41) is 0. The van der Waals surface area contributed by atoms with Crippen LogP contribution in [0.4, 0.5) is 5.69 Å². The minimum atomic E-state index is 0. The summed E-state index contributed by atoms with van der Waals surface area (Å²) >= 11 is 0. The van der Waals surface area contributed by atoms with Crippen LogP contribution < -0.4 is 0 Å². The first kappa shape index (κ1) is 20.5. The van der Waals surface area contributed by atoms with E-state index < -0.39 is 0 Å². The van der Waals surface area contributed by atoms with Gasteiger partial charge >= 0.3 is 0 Å². The van der Waals surface area contributed by atoms with Crippen LogP contribution in [-0.4, -0.2) is 5.71 Å². The molecule has 1 aliphatic carbocycles. The number of para-hydroxylation sites is 1. The van der Waals surface area contributed by atoms with Gasteiger partial charge in [-0.15, -0.1) is 6.42 Å². The van der Waals surface area contributed by atoms with Gasteiger partial charge in [-0.25, -0.2) is 0 Å². The fourth-order valence-electron chi connectivity index (χ4n) is 2.20. The van der Waals surface area contributed by atoms with E-state index in [1.165, 1.54) is 16.8 Å². The zero-order chi connectivity index (χ0) is 12.3. The SMILES string of the molecule is C/C=C(/C)c1ccccc1N=C1C[CH-]C(C)C1.[Pr].[Yb]. The average molecular weight is 540 g/mol. The summed E-state index contributed by atoms with van der Waals surface area (Å²) in [6.45, 7) is 6.47. The molecule has 1 aliphatic rings. The maximum atomic E-state index is 4.82. The smallest absolute Gasteiger partial charge is 0.0702 e. The van der Waals surface area contributed by atoms with Gasteiger partial charge in [0.25, 0.3) is 0 Å². The Balaban J connectivity index is 0.00000162. The normalized spacial score (nSPS) is 20.9.